The Morgan fingerprint density at radius 3 is 2.38 bits per heavy atom. The lowest BCUT2D eigenvalue weighted by Gasteiger charge is -2.21. The zero-order valence-electron chi connectivity index (χ0n) is 15.5. The Morgan fingerprint density at radius 2 is 1.69 bits per heavy atom. The Morgan fingerprint density at radius 1 is 1.00 bits per heavy atom. The number of nitrogens with one attached hydrogen (secondary N) is 1. The van der Waals surface area contributed by atoms with Gasteiger partial charge in [-0.25, -0.2) is 0 Å². The first kappa shape index (κ1) is 18.2. The van der Waals surface area contributed by atoms with Gasteiger partial charge in [0.15, 0.2) is 0 Å². The summed E-state index contributed by atoms with van der Waals surface area (Å²) in [5, 5.41) is 2.98. The Hall–Kier alpha value is -2.62. The van der Waals surface area contributed by atoms with Crippen LogP contribution >= 0.6 is 0 Å². The van der Waals surface area contributed by atoms with Crippen LogP contribution in [0, 0.1) is 12.8 Å². The van der Waals surface area contributed by atoms with E-state index >= 15 is 0 Å². The molecule has 0 saturated heterocycles. The minimum absolute atomic E-state index is 0.0705. The average Bonchev–Trinajstić information content (AvgIpc) is 2.68. The molecule has 1 fully saturated rings. The molecule has 0 aliphatic heterocycles. The van der Waals surface area contributed by atoms with E-state index in [0.717, 1.165) is 36.9 Å². The van der Waals surface area contributed by atoms with E-state index in [1.165, 1.54) is 6.42 Å². The van der Waals surface area contributed by atoms with E-state index in [2.05, 4.69) is 5.32 Å². The number of hydrogen-bond donors (Lipinski definition) is 1. The van der Waals surface area contributed by atoms with Crippen molar-refractivity contribution in [2.75, 3.05) is 17.3 Å². The van der Waals surface area contributed by atoms with Crippen LogP contribution in [0.4, 0.5) is 11.4 Å². The van der Waals surface area contributed by atoms with Gasteiger partial charge in [0, 0.05) is 29.9 Å². The predicted octanol–water partition coefficient (Wildman–Crippen LogP) is 4.79. The molecule has 4 heteroatoms. The van der Waals surface area contributed by atoms with Crippen LogP contribution in [-0.2, 0) is 4.79 Å². The summed E-state index contributed by atoms with van der Waals surface area (Å²) >= 11 is 0. The standard InChI is InChI=1S/C22H26N2O2/c1-16-11-13-20(14-12-16)24(2)22(26)18-9-6-10-19(15-18)23-21(25)17-7-4-3-5-8-17/h6,9-15,17H,3-5,7-8H2,1-2H3,(H,23,25). The first-order valence-electron chi connectivity index (χ1n) is 9.30. The van der Waals surface area contributed by atoms with Gasteiger partial charge in [0.2, 0.25) is 5.91 Å². The molecule has 26 heavy (non-hydrogen) atoms. The highest BCUT2D eigenvalue weighted by atomic mass is 16.2. The quantitative estimate of drug-likeness (QED) is 0.862. The third-order valence-corrected chi connectivity index (χ3v) is 5.08. The molecule has 0 atom stereocenters. The van der Waals surface area contributed by atoms with E-state index < -0.39 is 0 Å². The van der Waals surface area contributed by atoms with Crippen molar-refractivity contribution in [1.29, 1.82) is 0 Å². The molecule has 0 bridgehead atoms. The lowest BCUT2D eigenvalue weighted by atomic mass is 9.88. The van der Waals surface area contributed by atoms with Gasteiger partial charge in [0.1, 0.15) is 0 Å². The van der Waals surface area contributed by atoms with Crippen LogP contribution in [0.5, 0.6) is 0 Å². The second kappa shape index (κ2) is 8.17. The van der Waals surface area contributed by atoms with Crippen molar-refractivity contribution in [3.05, 3.63) is 59.7 Å². The molecule has 0 spiro atoms. The fourth-order valence-electron chi connectivity index (χ4n) is 3.42. The molecule has 0 radical (unpaired) electrons. The second-order valence-corrected chi connectivity index (χ2v) is 7.10. The predicted molar refractivity (Wildman–Crippen MR) is 106 cm³/mol. The number of aryl methyl sites for hydroxylation is 1. The lowest BCUT2D eigenvalue weighted by Crippen LogP contribution is -2.27. The number of benzene rings is 2. The summed E-state index contributed by atoms with van der Waals surface area (Å²) in [6, 6.07) is 15.0. The van der Waals surface area contributed by atoms with E-state index in [4.69, 9.17) is 0 Å². The van der Waals surface area contributed by atoms with Gasteiger partial charge in [-0.15, -0.1) is 0 Å². The van der Waals surface area contributed by atoms with Crippen LogP contribution in [0.15, 0.2) is 48.5 Å². The fourth-order valence-corrected chi connectivity index (χ4v) is 3.42. The fraction of sp³-hybridized carbons (Fsp3) is 0.364. The van der Waals surface area contributed by atoms with Crippen molar-refractivity contribution in [1.82, 2.24) is 0 Å². The molecule has 4 nitrogen and oxygen atoms in total. The normalized spacial score (nSPS) is 14.7. The maximum atomic E-state index is 12.8. The van der Waals surface area contributed by atoms with Crippen LogP contribution in [0.25, 0.3) is 0 Å². The van der Waals surface area contributed by atoms with Crippen molar-refractivity contribution >= 4 is 23.2 Å². The van der Waals surface area contributed by atoms with E-state index in [1.54, 1.807) is 24.1 Å². The Bertz CT molecular complexity index is 777. The van der Waals surface area contributed by atoms with Crippen molar-refractivity contribution in [3.8, 4) is 0 Å². The number of anilines is 2. The number of carbonyl (C=O) groups is 2. The number of rotatable bonds is 4. The van der Waals surface area contributed by atoms with E-state index in [1.807, 2.05) is 43.3 Å². The summed E-state index contributed by atoms with van der Waals surface area (Å²) in [6.07, 6.45) is 5.39. The molecule has 2 aromatic carbocycles. The summed E-state index contributed by atoms with van der Waals surface area (Å²) in [6.45, 7) is 2.02. The minimum atomic E-state index is -0.0948. The molecule has 136 valence electrons. The summed E-state index contributed by atoms with van der Waals surface area (Å²) < 4.78 is 0. The van der Waals surface area contributed by atoms with Crippen molar-refractivity contribution < 1.29 is 9.59 Å². The Kier molecular flexibility index (Phi) is 5.71. The topological polar surface area (TPSA) is 49.4 Å². The van der Waals surface area contributed by atoms with Gasteiger partial charge in [-0.1, -0.05) is 43.0 Å². The Balaban J connectivity index is 1.70. The number of amides is 2. The third kappa shape index (κ3) is 4.31. The van der Waals surface area contributed by atoms with Gasteiger partial charge in [0.05, 0.1) is 0 Å². The van der Waals surface area contributed by atoms with E-state index in [9.17, 15) is 9.59 Å². The maximum Gasteiger partial charge on any atom is 0.258 e. The summed E-state index contributed by atoms with van der Waals surface area (Å²) in [5.41, 5.74) is 3.25. The molecule has 0 unspecified atom stereocenters. The average molecular weight is 350 g/mol. The van der Waals surface area contributed by atoms with Gasteiger partial charge >= 0.3 is 0 Å². The molecule has 3 rings (SSSR count). The molecule has 1 N–H and O–H groups in total. The van der Waals surface area contributed by atoms with Crippen LogP contribution in [0.3, 0.4) is 0 Å². The van der Waals surface area contributed by atoms with Crippen LogP contribution in [-0.4, -0.2) is 18.9 Å². The smallest absolute Gasteiger partial charge is 0.258 e. The van der Waals surface area contributed by atoms with Crippen LogP contribution in [0.1, 0.15) is 48.0 Å². The number of hydrogen-bond acceptors (Lipinski definition) is 2. The van der Waals surface area contributed by atoms with Gasteiger partial charge in [-0.3, -0.25) is 9.59 Å². The minimum Gasteiger partial charge on any atom is -0.326 e. The summed E-state index contributed by atoms with van der Waals surface area (Å²) in [4.78, 5) is 26.8. The lowest BCUT2D eigenvalue weighted by molar-refractivity contribution is -0.120. The molecule has 2 aromatic rings. The first-order valence-corrected chi connectivity index (χ1v) is 9.30. The van der Waals surface area contributed by atoms with E-state index in [-0.39, 0.29) is 17.7 Å². The van der Waals surface area contributed by atoms with Gasteiger partial charge < -0.3 is 10.2 Å². The molecular formula is C22H26N2O2. The third-order valence-electron chi connectivity index (χ3n) is 5.08. The monoisotopic (exact) mass is 350 g/mol. The van der Waals surface area contributed by atoms with Gasteiger partial charge in [0.25, 0.3) is 5.91 Å². The summed E-state index contributed by atoms with van der Waals surface area (Å²) in [7, 11) is 1.76. The molecule has 2 amide bonds. The van der Waals surface area contributed by atoms with Gasteiger partial charge in [-0.05, 0) is 50.1 Å². The largest absolute Gasteiger partial charge is 0.326 e. The maximum absolute atomic E-state index is 12.8. The van der Waals surface area contributed by atoms with Gasteiger partial charge in [-0.2, -0.15) is 0 Å². The van der Waals surface area contributed by atoms with Crippen LogP contribution in [0.2, 0.25) is 0 Å². The summed E-state index contributed by atoms with van der Waals surface area (Å²) in [5.74, 6) is 0.0714. The van der Waals surface area contributed by atoms with Crippen molar-refractivity contribution in [2.24, 2.45) is 5.92 Å². The zero-order valence-corrected chi connectivity index (χ0v) is 15.5. The van der Waals surface area contributed by atoms with E-state index in [0.29, 0.717) is 11.3 Å². The number of carbonyl (C=O) groups excluding carboxylic acids is 2. The molecule has 1 aliphatic carbocycles. The molecule has 0 aromatic heterocycles. The molecular weight excluding hydrogens is 324 g/mol. The molecule has 1 saturated carbocycles. The Labute approximate surface area is 155 Å². The highest BCUT2D eigenvalue weighted by Gasteiger charge is 2.21. The first-order chi connectivity index (χ1) is 12.5. The van der Waals surface area contributed by atoms with Crippen LogP contribution < -0.4 is 10.2 Å². The molecule has 1 aliphatic rings. The zero-order chi connectivity index (χ0) is 18.5. The second-order valence-electron chi connectivity index (χ2n) is 7.10. The number of nitrogens with zero attached hydrogens (tertiary/aromatic N) is 1. The SMILES string of the molecule is Cc1ccc(N(C)C(=O)c2cccc(NC(=O)C3CCCCC3)c2)cc1. The van der Waals surface area contributed by atoms with Crippen molar-refractivity contribution in [2.45, 2.75) is 39.0 Å². The molecule has 0 heterocycles. The highest BCUT2D eigenvalue weighted by molar-refractivity contribution is 6.06. The highest BCUT2D eigenvalue weighted by Crippen LogP contribution is 2.25. The van der Waals surface area contributed by atoms with Crippen molar-refractivity contribution in [3.63, 3.8) is 0 Å².